The highest BCUT2D eigenvalue weighted by Crippen LogP contribution is 2.46. The maximum absolute atomic E-state index is 6.53. The van der Waals surface area contributed by atoms with Gasteiger partial charge in [0.15, 0.2) is 0 Å². The molecule has 1 fully saturated rings. The smallest absolute Gasteiger partial charge is 0.403 e. The Kier molecular flexibility index (Phi) is 5.46. The summed E-state index contributed by atoms with van der Waals surface area (Å²) in [6.45, 7) is 15.9. The summed E-state index contributed by atoms with van der Waals surface area (Å²) in [6.07, 6.45) is 0. The lowest BCUT2D eigenvalue weighted by Gasteiger charge is -2.37. The summed E-state index contributed by atoms with van der Waals surface area (Å²) >= 11 is 0. The van der Waals surface area contributed by atoms with Crippen molar-refractivity contribution < 1.29 is 9.31 Å². The molecule has 3 rings (SSSR count). The second-order valence-electron chi connectivity index (χ2n) is 9.44. The van der Waals surface area contributed by atoms with Gasteiger partial charge in [0.05, 0.1) is 19.3 Å². The fourth-order valence-electron chi connectivity index (χ4n) is 3.97. The Labute approximate surface area is 166 Å². The van der Waals surface area contributed by atoms with Gasteiger partial charge < -0.3 is 9.31 Å². The Morgan fingerprint density at radius 2 is 1.22 bits per heavy atom. The summed E-state index contributed by atoms with van der Waals surface area (Å²) in [4.78, 5) is 0. The number of hydrogen-bond donors (Lipinski definition) is 0. The summed E-state index contributed by atoms with van der Waals surface area (Å²) < 4.78 is 13.1. The van der Waals surface area contributed by atoms with Gasteiger partial charge in [0, 0.05) is 5.82 Å². The van der Waals surface area contributed by atoms with Crippen molar-refractivity contribution in [2.24, 2.45) is 0 Å². The highest BCUT2D eigenvalue weighted by atomic mass is 28.3. The topological polar surface area (TPSA) is 18.5 Å². The minimum absolute atomic E-state index is 0.203. The van der Waals surface area contributed by atoms with Crippen molar-refractivity contribution >= 4 is 20.4 Å². The zero-order valence-electron chi connectivity index (χ0n) is 17.8. The average molecular weight is 380 g/mol. The molecule has 0 unspecified atom stereocenters. The van der Waals surface area contributed by atoms with Crippen LogP contribution in [-0.2, 0) is 9.31 Å². The molecule has 1 saturated heterocycles. The lowest BCUT2D eigenvalue weighted by Crippen LogP contribution is -2.49. The fourth-order valence-corrected chi connectivity index (χ4v) is 6.80. The van der Waals surface area contributed by atoms with E-state index < -0.39 is 8.07 Å². The van der Waals surface area contributed by atoms with Crippen molar-refractivity contribution in [1.82, 2.24) is 0 Å². The summed E-state index contributed by atoms with van der Waals surface area (Å²) in [5.41, 5.74) is 1.13. The summed E-state index contributed by atoms with van der Waals surface area (Å²) in [6, 6.07) is 21.8. The predicted molar refractivity (Wildman–Crippen MR) is 118 cm³/mol. The molecule has 0 spiro atoms. The monoisotopic (exact) mass is 380 g/mol. The summed E-state index contributed by atoms with van der Waals surface area (Å²) in [5.74, 6) is 0.203. The van der Waals surface area contributed by atoms with Crippen molar-refractivity contribution in [3.05, 3.63) is 66.2 Å². The molecule has 0 amide bonds. The quantitative estimate of drug-likeness (QED) is 0.646. The van der Waals surface area contributed by atoms with E-state index in [-0.39, 0.29) is 24.1 Å². The molecule has 144 valence electrons. The van der Waals surface area contributed by atoms with Gasteiger partial charge in [-0.15, -0.1) is 0 Å². The van der Waals surface area contributed by atoms with Gasteiger partial charge in [0.2, 0.25) is 0 Å². The molecule has 27 heavy (non-hydrogen) atoms. The van der Waals surface area contributed by atoms with Crippen LogP contribution in [-0.4, -0.2) is 26.4 Å². The molecule has 4 heteroatoms. The first-order valence-electron chi connectivity index (χ1n) is 10.0. The summed E-state index contributed by atoms with van der Waals surface area (Å²) in [7, 11) is -1.98. The van der Waals surface area contributed by atoms with E-state index in [0.717, 1.165) is 0 Å². The lowest BCUT2D eigenvalue weighted by atomic mass is 9.66. The molecule has 0 aromatic heterocycles. The first kappa shape index (κ1) is 20.4. The maximum atomic E-state index is 6.53. The SMILES string of the molecule is C[C@H]([C@@H](B1OC(C)(C)C(C)(C)O1)c1ccccc1)[Si](C)(C)c1ccccc1. The third-order valence-corrected chi connectivity index (χ3v) is 11.4. The van der Waals surface area contributed by atoms with Crippen molar-refractivity contribution in [3.63, 3.8) is 0 Å². The van der Waals surface area contributed by atoms with E-state index in [9.17, 15) is 0 Å². The van der Waals surface area contributed by atoms with Gasteiger partial charge in [-0.3, -0.25) is 0 Å². The Balaban J connectivity index is 2.01. The highest BCUT2D eigenvalue weighted by Gasteiger charge is 2.56. The molecule has 0 saturated carbocycles. The van der Waals surface area contributed by atoms with Crippen LogP contribution in [0.5, 0.6) is 0 Å². The van der Waals surface area contributed by atoms with Crippen LogP contribution >= 0.6 is 0 Å². The molecule has 1 heterocycles. The zero-order valence-corrected chi connectivity index (χ0v) is 18.8. The van der Waals surface area contributed by atoms with Gasteiger partial charge in [-0.1, -0.05) is 85.9 Å². The first-order valence-corrected chi connectivity index (χ1v) is 13.1. The molecule has 2 atom stereocenters. The van der Waals surface area contributed by atoms with Crippen molar-refractivity contribution in [2.75, 3.05) is 0 Å². The molecule has 2 aromatic carbocycles. The van der Waals surface area contributed by atoms with Gasteiger partial charge in [-0.2, -0.15) is 0 Å². The van der Waals surface area contributed by atoms with Crippen molar-refractivity contribution in [1.29, 1.82) is 0 Å². The number of rotatable bonds is 5. The minimum Gasteiger partial charge on any atom is -0.403 e. The normalized spacial score (nSPS) is 21.1. The lowest BCUT2D eigenvalue weighted by molar-refractivity contribution is 0.00578. The minimum atomic E-state index is -1.75. The first-order chi connectivity index (χ1) is 12.6. The van der Waals surface area contributed by atoms with Gasteiger partial charge >= 0.3 is 7.12 Å². The van der Waals surface area contributed by atoms with E-state index in [1.54, 1.807) is 0 Å². The van der Waals surface area contributed by atoms with Gasteiger partial charge in [0.1, 0.15) is 0 Å². The van der Waals surface area contributed by atoms with E-state index in [1.807, 2.05) is 0 Å². The van der Waals surface area contributed by atoms with Crippen LogP contribution in [0.4, 0.5) is 0 Å². The van der Waals surface area contributed by atoms with Crippen LogP contribution in [0.3, 0.4) is 0 Å². The van der Waals surface area contributed by atoms with Crippen LogP contribution in [0.25, 0.3) is 0 Å². The zero-order chi connectivity index (χ0) is 19.9. The average Bonchev–Trinajstić information content (AvgIpc) is 2.84. The van der Waals surface area contributed by atoms with E-state index in [4.69, 9.17) is 9.31 Å². The molecule has 0 radical (unpaired) electrons. The van der Waals surface area contributed by atoms with Gasteiger partial charge in [-0.25, -0.2) is 0 Å². The Morgan fingerprint density at radius 1 is 0.778 bits per heavy atom. The number of hydrogen-bond acceptors (Lipinski definition) is 2. The van der Waals surface area contributed by atoms with Gasteiger partial charge in [0.25, 0.3) is 0 Å². The molecule has 2 aromatic rings. The predicted octanol–water partition coefficient (Wildman–Crippen LogP) is 5.41. The molecule has 1 aliphatic rings. The second kappa shape index (κ2) is 7.23. The molecule has 1 aliphatic heterocycles. The molecular formula is C23H33BO2Si. The fraction of sp³-hybridized carbons (Fsp3) is 0.478. The van der Waals surface area contributed by atoms with E-state index in [0.29, 0.717) is 5.54 Å². The largest absolute Gasteiger partial charge is 0.465 e. The molecular weight excluding hydrogens is 347 g/mol. The maximum Gasteiger partial charge on any atom is 0.465 e. The van der Waals surface area contributed by atoms with Crippen LogP contribution in [0, 0.1) is 0 Å². The molecule has 2 nitrogen and oxygen atoms in total. The third kappa shape index (κ3) is 3.80. The molecule has 0 bridgehead atoms. The Hall–Kier alpha value is -1.36. The van der Waals surface area contributed by atoms with Crippen LogP contribution in [0.15, 0.2) is 60.7 Å². The standard InChI is InChI=1S/C23H33BO2Si/c1-18(27(6,7)20-16-12-9-13-17-20)21(19-14-10-8-11-15-19)24-25-22(2,3)23(4,5)26-24/h8-18,21H,1-7H3/t18-,21-/m1/s1. The Morgan fingerprint density at radius 3 is 1.70 bits per heavy atom. The Bertz CT molecular complexity index is 742. The van der Waals surface area contributed by atoms with Crippen molar-refractivity contribution in [2.45, 2.75) is 70.3 Å². The highest BCUT2D eigenvalue weighted by molar-refractivity contribution is 6.91. The summed E-state index contributed by atoms with van der Waals surface area (Å²) in [5, 5.41) is 1.48. The van der Waals surface area contributed by atoms with E-state index in [1.165, 1.54) is 10.8 Å². The molecule has 0 aliphatic carbocycles. The molecule has 0 N–H and O–H groups in total. The second-order valence-corrected chi connectivity index (χ2v) is 14.4. The number of benzene rings is 2. The van der Waals surface area contributed by atoms with E-state index in [2.05, 4.69) is 108 Å². The van der Waals surface area contributed by atoms with Crippen LogP contribution in [0.2, 0.25) is 18.6 Å². The van der Waals surface area contributed by atoms with Crippen molar-refractivity contribution in [3.8, 4) is 0 Å². The van der Waals surface area contributed by atoms with E-state index >= 15 is 0 Å². The van der Waals surface area contributed by atoms with Crippen LogP contribution < -0.4 is 5.19 Å². The third-order valence-electron chi connectivity index (χ3n) is 6.94. The van der Waals surface area contributed by atoms with Gasteiger partial charge in [-0.05, 0) is 38.8 Å². The van der Waals surface area contributed by atoms with Crippen LogP contribution in [0.1, 0.15) is 46.0 Å².